The highest BCUT2D eigenvalue weighted by atomic mass is 16.5. The Hall–Kier alpha value is -2.94. The second-order valence-corrected chi connectivity index (χ2v) is 7.38. The van der Waals surface area contributed by atoms with Gasteiger partial charge in [0, 0.05) is 18.4 Å². The number of ketones is 1. The molecule has 4 rings (SSSR count). The molecule has 0 amide bonds. The molecule has 0 unspecified atom stereocenters. The number of benzene rings is 4. The molecule has 0 aliphatic heterocycles. The zero-order chi connectivity index (χ0) is 19.5. The smallest absolute Gasteiger partial charge is 0.305 e. The fraction of sp³-hybridized carbons (Fsp3) is 0.280. The number of hydrogen-bond donors (Lipinski definition) is 0. The van der Waals surface area contributed by atoms with E-state index in [1.807, 2.05) is 6.07 Å². The molecule has 0 aromatic heterocycles. The third-order valence-electron chi connectivity index (χ3n) is 5.59. The number of esters is 1. The predicted octanol–water partition coefficient (Wildman–Crippen LogP) is 6.28. The van der Waals surface area contributed by atoms with Gasteiger partial charge in [0.2, 0.25) is 0 Å². The fourth-order valence-corrected chi connectivity index (χ4v) is 4.12. The zero-order valence-corrected chi connectivity index (χ0v) is 16.2. The molecular formula is C25H24O3. The summed E-state index contributed by atoms with van der Waals surface area (Å²) in [6.07, 6.45) is 4.57. The van der Waals surface area contributed by atoms with Gasteiger partial charge in [0.15, 0.2) is 5.78 Å². The maximum atomic E-state index is 12.9. The third-order valence-corrected chi connectivity index (χ3v) is 5.59. The first-order valence-electron chi connectivity index (χ1n) is 9.95. The fourth-order valence-electron chi connectivity index (χ4n) is 4.12. The van der Waals surface area contributed by atoms with Crippen molar-refractivity contribution >= 4 is 44.1 Å². The van der Waals surface area contributed by atoms with Crippen molar-refractivity contribution in [1.29, 1.82) is 0 Å². The lowest BCUT2D eigenvalue weighted by atomic mass is 9.90. The first-order chi connectivity index (χ1) is 13.7. The number of methoxy groups -OCH3 is 1. The van der Waals surface area contributed by atoms with E-state index in [0.29, 0.717) is 12.8 Å². The molecule has 0 spiro atoms. The van der Waals surface area contributed by atoms with E-state index < -0.39 is 0 Å². The highest BCUT2D eigenvalue weighted by Gasteiger charge is 2.14. The van der Waals surface area contributed by atoms with Crippen molar-refractivity contribution in [3.05, 3.63) is 60.2 Å². The van der Waals surface area contributed by atoms with Crippen LogP contribution >= 0.6 is 0 Å². The maximum Gasteiger partial charge on any atom is 0.305 e. The topological polar surface area (TPSA) is 43.4 Å². The highest BCUT2D eigenvalue weighted by molar-refractivity contribution is 6.26. The van der Waals surface area contributed by atoms with Crippen LogP contribution in [0.4, 0.5) is 0 Å². The Kier molecular flexibility index (Phi) is 5.25. The second-order valence-electron chi connectivity index (χ2n) is 7.38. The van der Waals surface area contributed by atoms with Gasteiger partial charge in [-0.2, -0.15) is 0 Å². The molecule has 0 heterocycles. The van der Waals surface area contributed by atoms with Gasteiger partial charge in [-0.1, -0.05) is 67.4 Å². The van der Waals surface area contributed by atoms with Gasteiger partial charge in [0.05, 0.1) is 7.11 Å². The van der Waals surface area contributed by atoms with E-state index in [2.05, 4.69) is 53.3 Å². The van der Waals surface area contributed by atoms with E-state index in [9.17, 15) is 9.59 Å². The van der Waals surface area contributed by atoms with Gasteiger partial charge in [-0.3, -0.25) is 9.59 Å². The summed E-state index contributed by atoms with van der Waals surface area (Å²) in [7, 11) is 1.41. The molecule has 4 aromatic rings. The number of Topliss-reactive ketones (excluding diaryl/α,β-unsaturated/α-hetero) is 1. The molecule has 0 atom stereocenters. The van der Waals surface area contributed by atoms with Crippen LogP contribution in [-0.2, 0) is 9.53 Å². The van der Waals surface area contributed by atoms with Crippen molar-refractivity contribution in [2.45, 2.75) is 38.5 Å². The SMILES string of the molecule is COC(=O)CCCCCCC(=O)c1ccc2ccc3cccc4ccc1c2c34. The van der Waals surface area contributed by atoms with Crippen molar-refractivity contribution < 1.29 is 14.3 Å². The van der Waals surface area contributed by atoms with Crippen LogP contribution < -0.4 is 0 Å². The van der Waals surface area contributed by atoms with Crippen LogP contribution in [0.25, 0.3) is 32.3 Å². The average molecular weight is 372 g/mol. The Balaban J connectivity index is 1.52. The molecule has 0 aliphatic rings. The summed E-state index contributed by atoms with van der Waals surface area (Å²) >= 11 is 0. The molecule has 3 nitrogen and oxygen atoms in total. The van der Waals surface area contributed by atoms with Crippen LogP contribution in [-0.4, -0.2) is 18.9 Å². The number of carbonyl (C=O) groups excluding carboxylic acids is 2. The molecule has 28 heavy (non-hydrogen) atoms. The molecule has 0 aliphatic carbocycles. The van der Waals surface area contributed by atoms with Crippen molar-refractivity contribution in [3.63, 3.8) is 0 Å². The quantitative estimate of drug-likeness (QED) is 0.158. The lowest BCUT2D eigenvalue weighted by molar-refractivity contribution is -0.140. The van der Waals surface area contributed by atoms with Crippen molar-refractivity contribution in [2.75, 3.05) is 7.11 Å². The van der Waals surface area contributed by atoms with Gasteiger partial charge < -0.3 is 4.74 Å². The summed E-state index contributed by atoms with van der Waals surface area (Å²) in [5, 5.41) is 7.10. The summed E-state index contributed by atoms with van der Waals surface area (Å²) in [5.74, 6) is 0.0376. The Morgan fingerprint density at radius 3 is 2.04 bits per heavy atom. The van der Waals surface area contributed by atoms with E-state index in [1.54, 1.807) is 0 Å². The largest absolute Gasteiger partial charge is 0.469 e. The van der Waals surface area contributed by atoms with E-state index >= 15 is 0 Å². The van der Waals surface area contributed by atoms with E-state index in [4.69, 9.17) is 0 Å². The minimum Gasteiger partial charge on any atom is -0.469 e. The second kappa shape index (κ2) is 7.97. The first kappa shape index (κ1) is 18.4. The van der Waals surface area contributed by atoms with Crippen LogP contribution in [0.15, 0.2) is 54.6 Å². The predicted molar refractivity (Wildman–Crippen MR) is 114 cm³/mol. The molecule has 0 fully saturated rings. The summed E-state index contributed by atoms with van der Waals surface area (Å²) in [6, 6.07) is 18.9. The highest BCUT2D eigenvalue weighted by Crippen LogP contribution is 2.36. The van der Waals surface area contributed by atoms with E-state index in [0.717, 1.165) is 36.6 Å². The Labute approximate surface area is 164 Å². The van der Waals surface area contributed by atoms with Gasteiger partial charge in [-0.15, -0.1) is 0 Å². The standard InChI is InChI=1S/C25H24O3/c1-28-23(27)10-5-3-2-4-9-22(26)20-15-13-19-12-11-17-7-6-8-18-14-16-21(20)25(19)24(17)18/h6-8,11-16H,2-5,9-10H2,1H3. The van der Waals surface area contributed by atoms with Gasteiger partial charge in [0.1, 0.15) is 0 Å². The van der Waals surface area contributed by atoms with Gasteiger partial charge in [-0.25, -0.2) is 0 Å². The van der Waals surface area contributed by atoms with Crippen LogP contribution in [0.3, 0.4) is 0 Å². The Morgan fingerprint density at radius 1 is 0.714 bits per heavy atom. The van der Waals surface area contributed by atoms with Crippen molar-refractivity contribution in [2.24, 2.45) is 0 Å². The first-order valence-corrected chi connectivity index (χ1v) is 9.95. The normalized spacial score (nSPS) is 11.5. The van der Waals surface area contributed by atoms with Gasteiger partial charge in [0.25, 0.3) is 0 Å². The van der Waals surface area contributed by atoms with Crippen LogP contribution in [0, 0.1) is 0 Å². The molecular weight excluding hydrogens is 348 g/mol. The molecule has 4 aromatic carbocycles. The number of ether oxygens (including phenoxy) is 1. The molecule has 0 N–H and O–H groups in total. The van der Waals surface area contributed by atoms with E-state index in [1.165, 1.54) is 34.0 Å². The maximum absolute atomic E-state index is 12.9. The molecule has 0 saturated carbocycles. The zero-order valence-electron chi connectivity index (χ0n) is 16.2. The summed E-state index contributed by atoms with van der Waals surface area (Å²) in [5.41, 5.74) is 0.820. The summed E-state index contributed by atoms with van der Waals surface area (Å²) < 4.78 is 4.65. The number of rotatable bonds is 8. The summed E-state index contributed by atoms with van der Waals surface area (Å²) in [4.78, 5) is 24.0. The Morgan fingerprint density at radius 2 is 1.32 bits per heavy atom. The van der Waals surface area contributed by atoms with Gasteiger partial charge >= 0.3 is 5.97 Å². The minimum atomic E-state index is -0.162. The van der Waals surface area contributed by atoms with E-state index in [-0.39, 0.29) is 11.8 Å². The summed E-state index contributed by atoms with van der Waals surface area (Å²) in [6.45, 7) is 0. The number of carbonyl (C=O) groups is 2. The van der Waals surface area contributed by atoms with Crippen LogP contribution in [0.2, 0.25) is 0 Å². The van der Waals surface area contributed by atoms with Crippen LogP contribution in [0.5, 0.6) is 0 Å². The lowest BCUT2D eigenvalue weighted by Gasteiger charge is -2.13. The molecule has 0 radical (unpaired) electrons. The van der Waals surface area contributed by atoms with Crippen molar-refractivity contribution in [3.8, 4) is 0 Å². The van der Waals surface area contributed by atoms with Crippen LogP contribution in [0.1, 0.15) is 48.9 Å². The monoisotopic (exact) mass is 372 g/mol. The Bertz CT molecular complexity index is 1130. The molecule has 0 saturated heterocycles. The van der Waals surface area contributed by atoms with Gasteiger partial charge in [-0.05, 0) is 45.2 Å². The molecule has 142 valence electrons. The lowest BCUT2D eigenvalue weighted by Crippen LogP contribution is -2.01. The van der Waals surface area contributed by atoms with Crippen molar-refractivity contribution in [1.82, 2.24) is 0 Å². The number of hydrogen-bond acceptors (Lipinski definition) is 3. The minimum absolute atomic E-state index is 0.162. The molecule has 0 bridgehead atoms. The third kappa shape index (κ3) is 3.45. The average Bonchev–Trinajstić information content (AvgIpc) is 2.74. The number of unbranched alkanes of at least 4 members (excludes halogenated alkanes) is 3. The molecule has 3 heteroatoms.